The molecule has 0 N–H and O–H groups in total. The third-order valence-corrected chi connectivity index (χ3v) is 3.70. The van der Waals surface area contributed by atoms with Gasteiger partial charge < -0.3 is 0 Å². The van der Waals surface area contributed by atoms with Crippen LogP contribution in [-0.4, -0.2) is 0 Å². The number of rotatable bonds is 2. The predicted molar refractivity (Wildman–Crippen MR) is 88.2 cm³/mol. The van der Waals surface area contributed by atoms with Crippen molar-refractivity contribution in [1.29, 1.82) is 5.26 Å². The largest absolute Gasteiger partial charge is 0.234 e. The van der Waals surface area contributed by atoms with Crippen LogP contribution in [0, 0.1) is 29.5 Å². The second kappa shape index (κ2) is 6.32. The van der Waals surface area contributed by atoms with Gasteiger partial charge in [-0.05, 0) is 11.1 Å². The molecule has 0 heterocycles. The molecule has 0 aromatic heterocycles. The molecule has 24 heavy (non-hydrogen) atoms. The first-order chi connectivity index (χ1) is 11.7. The summed E-state index contributed by atoms with van der Waals surface area (Å²) >= 11 is 0. The topological polar surface area (TPSA) is 28.1 Å². The lowest BCUT2D eigenvalue weighted by Gasteiger charge is -2.14. The third kappa shape index (κ3) is 2.41. The monoisotopic (exact) mass is 316 g/mol. The van der Waals surface area contributed by atoms with E-state index in [0.717, 1.165) is 0 Å². The van der Waals surface area contributed by atoms with Gasteiger partial charge in [0.05, 0.1) is 12.1 Å². The molecule has 2 nitrogen and oxygen atoms in total. The van der Waals surface area contributed by atoms with Crippen LogP contribution >= 0.6 is 0 Å². The second-order valence-electron chi connectivity index (χ2n) is 5.06. The zero-order chi connectivity index (χ0) is 17.1. The number of nitriles is 1. The summed E-state index contributed by atoms with van der Waals surface area (Å²) in [5, 5.41) is 9.43. The molecule has 4 heteroatoms. The van der Waals surface area contributed by atoms with Gasteiger partial charge in [0.1, 0.15) is 17.7 Å². The number of nitrogens with zero attached hydrogens (tertiary/aromatic N) is 2. The molecule has 0 bridgehead atoms. The Labute approximate surface area is 138 Å². The number of hydrogen-bond acceptors (Lipinski definition) is 1. The molecular formula is C20H10F2N2. The lowest BCUT2D eigenvalue weighted by molar-refractivity contribution is 0.591. The number of halogens is 2. The van der Waals surface area contributed by atoms with Crippen molar-refractivity contribution in [2.24, 2.45) is 0 Å². The summed E-state index contributed by atoms with van der Waals surface area (Å²) in [6, 6.07) is 18.2. The molecule has 0 amide bonds. The first-order valence-corrected chi connectivity index (χ1v) is 7.12. The van der Waals surface area contributed by atoms with Gasteiger partial charge in [-0.1, -0.05) is 60.7 Å². The standard InChI is InChI=1S/C20H10F2N2/c1-24-20-16(13-8-4-2-5-9-13)15(12-23)18(21)17(19(20)22)14-10-6-3-7-11-14/h2-11H. The van der Waals surface area contributed by atoms with Crippen molar-refractivity contribution in [2.75, 3.05) is 0 Å². The van der Waals surface area contributed by atoms with Crippen LogP contribution in [0.4, 0.5) is 14.5 Å². The number of hydrogen-bond donors (Lipinski definition) is 0. The van der Waals surface area contributed by atoms with Crippen LogP contribution in [0.25, 0.3) is 27.1 Å². The minimum atomic E-state index is -0.952. The van der Waals surface area contributed by atoms with Crippen LogP contribution in [0.5, 0.6) is 0 Å². The van der Waals surface area contributed by atoms with E-state index in [9.17, 15) is 14.0 Å². The normalized spacial score (nSPS) is 10.0. The maximum absolute atomic E-state index is 14.9. The van der Waals surface area contributed by atoms with Crippen molar-refractivity contribution in [3.05, 3.63) is 89.3 Å². The highest BCUT2D eigenvalue weighted by Gasteiger charge is 2.26. The molecule has 0 saturated carbocycles. The molecule has 0 radical (unpaired) electrons. The zero-order valence-electron chi connectivity index (χ0n) is 12.4. The van der Waals surface area contributed by atoms with E-state index in [-0.39, 0.29) is 27.9 Å². The maximum atomic E-state index is 14.9. The smallest absolute Gasteiger partial charge is 0.231 e. The van der Waals surface area contributed by atoms with E-state index in [4.69, 9.17) is 6.57 Å². The zero-order valence-corrected chi connectivity index (χ0v) is 12.4. The van der Waals surface area contributed by atoms with Crippen molar-refractivity contribution < 1.29 is 8.78 Å². The molecule has 3 aromatic carbocycles. The summed E-state index contributed by atoms with van der Waals surface area (Å²) < 4.78 is 29.8. The molecule has 3 aromatic rings. The Balaban J connectivity index is 2.44. The van der Waals surface area contributed by atoms with Gasteiger partial charge in [-0.2, -0.15) is 5.26 Å². The lowest BCUT2D eigenvalue weighted by atomic mass is 9.92. The van der Waals surface area contributed by atoms with Gasteiger partial charge >= 0.3 is 0 Å². The summed E-state index contributed by atoms with van der Waals surface area (Å²) in [4.78, 5) is 3.24. The SMILES string of the molecule is [C-]#[N+]c1c(F)c(-c2ccccc2)c(F)c(C#N)c1-c1ccccc1. The fourth-order valence-corrected chi connectivity index (χ4v) is 2.63. The average molecular weight is 316 g/mol. The molecule has 0 fully saturated rings. The highest BCUT2D eigenvalue weighted by Crippen LogP contribution is 2.42. The Morgan fingerprint density at radius 3 is 1.75 bits per heavy atom. The first kappa shape index (κ1) is 15.4. The fraction of sp³-hybridized carbons (Fsp3) is 0. The Morgan fingerprint density at radius 1 is 0.792 bits per heavy atom. The van der Waals surface area contributed by atoms with Gasteiger partial charge in [0.25, 0.3) is 0 Å². The molecule has 0 unspecified atom stereocenters. The first-order valence-electron chi connectivity index (χ1n) is 7.12. The molecular weight excluding hydrogens is 306 g/mol. The summed E-state index contributed by atoms with van der Waals surface area (Å²) in [5.41, 5.74) is -0.322. The highest BCUT2D eigenvalue weighted by atomic mass is 19.1. The molecule has 0 atom stereocenters. The van der Waals surface area contributed by atoms with Gasteiger partial charge in [0.15, 0.2) is 0 Å². The Hall–Kier alpha value is -3.50. The van der Waals surface area contributed by atoms with Gasteiger partial charge in [0, 0.05) is 11.1 Å². The van der Waals surface area contributed by atoms with Crippen LogP contribution in [0.1, 0.15) is 5.56 Å². The predicted octanol–water partition coefficient (Wildman–Crippen LogP) is 5.72. The third-order valence-electron chi connectivity index (χ3n) is 3.70. The molecule has 114 valence electrons. The van der Waals surface area contributed by atoms with Crippen molar-refractivity contribution >= 4 is 5.69 Å². The van der Waals surface area contributed by atoms with Crippen LogP contribution in [0.15, 0.2) is 60.7 Å². The van der Waals surface area contributed by atoms with Crippen LogP contribution in [0.2, 0.25) is 0 Å². The maximum Gasteiger partial charge on any atom is 0.231 e. The van der Waals surface area contributed by atoms with Crippen molar-refractivity contribution in [2.45, 2.75) is 0 Å². The minimum absolute atomic E-state index is 0.0113. The molecule has 0 spiro atoms. The van der Waals surface area contributed by atoms with E-state index in [2.05, 4.69) is 4.85 Å². The Morgan fingerprint density at radius 2 is 1.29 bits per heavy atom. The van der Waals surface area contributed by atoms with Gasteiger partial charge in [-0.25, -0.2) is 13.6 Å². The fourth-order valence-electron chi connectivity index (χ4n) is 2.63. The van der Waals surface area contributed by atoms with Crippen molar-refractivity contribution in [3.8, 4) is 28.3 Å². The molecule has 3 rings (SSSR count). The van der Waals surface area contributed by atoms with Gasteiger partial charge in [-0.3, -0.25) is 0 Å². The van der Waals surface area contributed by atoms with Crippen LogP contribution in [-0.2, 0) is 0 Å². The lowest BCUT2D eigenvalue weighted by Crippen LogP contribution is -1.99. The van der Waals surface area contributed by atoms with Crippen LogP contribution in [0.3, 0.4) is 0 Å². The minimum Gasteiger partial charge on any atom is -0.234 e. The summed E-state index contributed by atoms with van der Waals surface area (Å²) in [6.07, 6.45) is 0. The van der Waals surface area contributed by atoms with E-state index in [1.165, 1.54) is 0 Å². The molecule has 0 aliphatic heterocycles. The van der Waals surface area contributed by atoms with Crippen LogP contribution < -0.4 is 0 Å². The van der Waals surface area contributed by atoms with E-state index in [1.54, 1.807) is 66.7 Å². The highest BCUT2D eigenvalue weighted by molar-refractivity contribution is 5.89. The summed E-state index contributed by atoms with van der Waals surface area (Å²) in [6.45, 7) is 7.33. The Bertz CT molecular complexity index is 941. The summed E-state index contributed by atoms with van der Waals surface area (Å²) in [7, 11) is 0. The van der Waals surface area contributed by atoms with E-state index in [1.807, 2.05) is 0 Å². The Kier molecular flexibility index (Phi) is 4.05. The quantitative estimate of drug-likeness (QED) is 0.556. The van der Waals surface area contributed by atoms with E-state index >= 15 is 0 Å². The second-order valence-corrected chi connectivity index (χ2v) is 5.06. The van der Waals surface area contributed by atoms with Crippen molar-refractivity contribution in [3.63, 3.8) is 0 Å². The number of benzene rings is 3. The molecule has 0 aliphatic rings. The van der Waals surface area contributed by atoms with E-state index < -0.39 is 11.6 Å². The van der Waals surface area contributed by atoms with E-state index in [0.29, 0.717) is 5.56 Å². The van der Waals surface area contributed by atoms with Gasteiger partial charge in [-0.15, -0.1) is 0 Å². The molecule has 0 aliphatic carbocycles. The van der Waals surface area contributed by atoms with Gasteiger partial charge in [0.2, 0.25) is 5.69 Å². The molecule has 0 saturated heterocycles. The average Bonchev–Trinajstić information content (AvgIpc) is 2.63. The van der Waals surface area contributed by atoms with Crippen molar-refractivity contribution in [1.82, 2.24) is 0 Å². The summed E-state index contributed by atoms with van der Waals surface area (Å²) in [5.74, 6) is -1.90.